The Morgan fingerprint density at radius 2 is 1.30 bits per heavy atom. The fraction of sp³-hybridized carbons (Fsp3) is 0.278. The van der Waals surface area contributed by atoms with E-state index in [1.54, 1.807) is 0 Å². The Morgan fingerprint density at radius 1 is 0.705 bits per heavy atom. The van der Waals surface area contributed by atoms with Crippen LogP contribution in [-0.2, 0) is 25.5 Å². The van der Waals surface area contributed by atoms with E-state index in [9.17, 15) is 9.59 Å². The number of methoxy groups -OCH3 is 2. The van der Waals surface area contributed by atoms with Gasteiger partial charge in [-0.1, -0.05) is 25.3 Å². The van der Waals surface area contributed by atoms with Crippen molar-refractivity contribution in [3.8, 4) is 0 Å². The van der Waals surface area contributed by atoms with Crippen LogP contribution >= 0.6 is 0 Å². The average molecular weight is 591 g/mol. The minimum Gasteiger partial charge on any atom is -0.469 e. The van der Waals surface area contributed by atoms with Gasteiger partial charge in [0.05, 0.1) is 37.0 Å². The van der Waals surface area contributed by atoms with Crippen molar-refractivity contribution in [1.29, 1.82) is 0 Å². The molecule has 0 radical (unpaired) electrons. The Hall–Kier alpha value is -4.98. The summed E-state index contributed by atoms with van der Waals surface area (Å²) in [6.07, 6.45) is 5.13. The second-order valence-electron chi connectivity index (χ2n) is 11.1. The Bertz CT molecular complexity index is 1950. The number of carbonyl (C=O) groups is 2. The normalized spacial score (nSPS) is 12.9. The number of nitrogens with zero attached hydrogens (tertiary/aromatic N) is 2. The highest BCUT2D eigenvalue weighted by molar-refractivity contribution is 5.98. The van der Waals surface area contributed by atoms with Gasteiger partial charge in [-0.15, -0.1) is 0 Å². The number of aromatic nitrogens is 4. The molecule has 3 aromatic heterocycles. The van der Waals surface area contributed by atoms with E-state index in [0.29, 0.717) is 12.8 Å². The Labute approximate surface area is 257 Å². The molecule has 2 aliphatic rings. The minimum absolute atomic E-state index is 0.229. The SMILES string of the molecule is C=CC1=C(C)c2cc3nc(cc4[nH]c(cc5[nH]c(cc1n2)c(C)c5C=C)c(C)c4CCC(=O)OC)C(CCC(=O)OC)=C3C. The van der Waals surface area contributed by atoms with Gasteiger partial charge in [0.15, 0.2) is 0 Å². The van der Waals surface area contributed by atoms with E-state index in [0.717, 1.165) is 89.4 Å². The van der Waals surface area contributed by atoms with E-state index in [2.05, 4.69) is 36.1 Å². The predicted molar refractivity (Wildman–Crippen MR) is 177 cm³/mol. The van der Waals surface area contributed by atoms with Crippen molar-refractivity contribution >= 4 is 62.4 Å². The molecule has 0 fully saturated rings. The van der Waals surface area contributed by atoms with Crippen LogP contribution in [0.2, 0.25) is 0 Å². The number of H-pyrrole nitrogens is 2. The summed E-state index contributed by atoms with van der Waals surface area (Å²) in [7, 11) is 2.79. The van der Waals surface area contributed by atoms with Crippen LogP contribution in [0.1, 0.15) is 78.1 Å². The molecule has 8 heteroatoms. The molecule has 0 saturated carbocycles. The van der Waals surface area contributed by atoms with E-state index in [-0.39, 0.29) is 24.8 Å². The molecule has 0 unspecified atom stereocenters. The monoisotopic (exact) mass is 590 g/mol. The average Bonchev–Trinajstić information content (AvgIpc) is 3.67. The summed E-state index contributed by atoms with van der Waals surface area (Å²) in [5, 5.41) is 0. The number of allylic oxidation sites excluding steroid dienone is 5. The number of esters is 2. The van der Waals surface area contributed by atoms with Crippen LogP contribution < -0.4 is 0 Å². The van der Waals surface area contributed by atoms with Gasteiger partial charge < -0.3 is 19.4 Å². The number of ether oxygens (including phenoxy) is 2. The van der Waals surface area contributed by atoms with Gasteiger partial charge in [-0.05, 0) is 98.2 Å². The Balaban J connectivity index is 1.91. The van der Waals surface area contributed by atoms with E-state index in [1.807, 2.05) is 51.1 Å². The van der Waals surface area contributed by atoms with Crippen LogP contribution in [-0.4, -0.2) is 46.1 Å². The van der Waals surface area contributed by atoms with Crippen molar-refractivity contribution in [2.24, 2.45) is 0 Å². The summed E-state index contributed by atoms with van der Waals surface area (Å²) < 4.78 is 9.88. The summed E-state index contributed by atoms with van der Waals surface area (Å²) in [6, 6.07) is 8.14. The molecule has 0 amide bonds. The number of aromatic amines is 2. The largest absolute Gasteiger partial charge is 0.469 e. The minimum atomic E-state index is -0.283. The first-order chi connectivity index (χ1) is 21.1. The molecule has 44 heavy (non-hydrogen) atoms. The molecule has 226 valence electrons. The molecule has 0 spiro atoms. The molecular weight excluding hydrogens is 552 g/mol. The van der Waals surface area contributed by atoms with Crippen LogP contribution in [0.5, 0.6) is 0 Å². The molecule has 2 aliphatic heterocycles. The van der Waals surface area contributed by atoms with Crippen molar-refractivity contribution < 1.29 is 19.1 Å². The first-order valence-electron chi connectivity index (χ1n) is 14.6. The van der Waals surface area contributed by atoms with Gasteiger partial charge in [-0.3, -0.25) is 9.59 Å². The number of hydrogen-bond acceptors (Lipinski definition) is 6. The number of nitrogens with one attached hydrogen (secondary N) is 2. The maximum atomic E-state index is 12.2. The second-order valence-corrected chi connectivity index (χ2v) is 11.1. The number of rotatable bonds is 8. The topological polar surface area (TPSA) is 110 Å². The smallest absolute Gasteiger partial charge is 0.305 e. The van der Waals surface area contributed by atoms with Crippen LogP contribution in [0.15, 0.2) is 43.5 Å². The fourth-order valence-electron chi connectivity index (χ4n) is 5.96. The van der Waals surface area contributed by atoms with Gasteiger partial charge in [-0.2, -0.15) is 0 Å². The summed E-state index contributed by atoms with van der Waals surface area (Å²) in [5.41, 5.74) is 14.7. The molecule has 5 rings (SSSR count). The molecule has 0 aromatic carbocycles. The Morgan fingerprint density at radius 3 is 1.95 bits per heavy atom. The first-order valence-corrected chi connectivity index (χ1v) is 14.6. The van der Waals surface area contributed by atoms with E-state index in [4.69, 9.17) is 19.4 Å². The van der Waals surface area contributed by atoms with Gasteiger partial charge in [0, 0.05) is 46.0 Å². The third-order valence-electron chi connectivity index (χ3n) is 8.66. The fourth-order valence-corrected chi connectivity index (χ4v) is 5.96. The molecule has 3 aromatic rings. The molecule has 0 atom stereocenters. The van der Waals surface area contributed by atoms with Crippen LogP contribution in [0.4, 0.5) is 0 Å². The molecule has 8 bridgehead atoms. The maximum absolute atomic E-state index is 12.2. The van der Waals surface area contributed by atoms with Crippen molar-refractivity contribution in [3.05, 3.63) is 88.5 Å². The second kappa shape index (κ2) is 12.3. The van der Waals surface area contributed by atoms with Crippen LogP contribution in [0, 0.1) is 13.8 Å². The van der Waals surface area contributed by atoms with Gasteiger partial charge in [0.2, 0.25) is 0 Å². The zero-order chi connectivity index (χ0) is 31.7. The van der Waals surface area contributed by atoms with Gasteiger partial charge in [0.1, 0.15) is 0 Å². The lowest BCUT2D eigenvalue weighted by molar-refractivity contribution is -0.141. The zero-order valence-corrected chi connectivity index (χ0v) is 26.2. The van der Waals surface area contributed by atoms with Crippen molar-refractivity contribution in [3.63, 3.8) is 0 Å². The highest BCUT2D eigenvalue weighted by Gasteiger charge is 2.21. The van der Waals surface area contributed by atoms with E-state index in [1.165, 1.54) is 14.2 Å². The lowest BCUT2D eigenvalue weighted by atomic mass is 10.00. The van der Waals surface area contributed by atoms with Crippen LogP contribution in [0.25, 0.3) is 50.4 Å². The van der Waals surface area contributed by atoms with E-state index < -0.39 is 0 Å². The third-order valence-corrected chi connectivity index (χ3v) is 8.66. The third kappa shape index (κ3) is 5.55. The maximum Gasteiger partial charge on any atom is 0.305 e. The van der Waals surface area contributed by atoms with Gasteiger partial charge >= 0.3 is 11.9 Å². The summed E-state index contributed by atoms with van der Waals surface area (Å²) in [5.74, 6) is -0.558. The molecule has 5 heterocycles. The molecular formula is C36H38N4O4. The zero-order valence-electron chi connectivity index (χ0n) is 26.2. The quantitative estimate of drug-likeness (QED) is 0.260. The van der Waals surface area contributed by atoms with Gasteiger partial charge in [0.25, 0.3) is 0 Å². The lowest BCUT2D eigenvalue weighted by Gasteiger charge is -2.04. The summed E-state index contributed by atoms with van der Waals surface area (Å²) >= 11 is 0. The first kappa shape index (κ1) is 30.5. The van der Waals surface area contributed by atoms with E-state index >= 15 is 0 Å². The standard InChI is InChI=1S/C36H38N4O4/c1-9-23-19(3)27-15-28-21(5)25(11-13-35(41)43-7)33(39-28)18-34-26(12-14-36(42)44-8)22(6)30(40-34)17-32-24(10-2)20(4)29(38-32)16-31(23)37-27/h9-10,15-18,38,40H,1-2,11-14H2,3-8H3. The van der Waals surface area contributed by atoms with Gasteiger partial charge in [-0.25, -0.2) is 9.97 Å². The number of aryl methyl sites for hydroxylation is 3. The molecule has 8 nitrogen and oxygen atoms in total. The predicted octanol–water partition coefficient (Wildman–Crippen LogP) is 7.68. The molecule has 0 aliphatic carbocycles. The van der Waals surface area contributed by atoms with Crippen molar-refractivity contribution in [2.45, 2.75) is 53.4 Å². The lowest BCUT2D eigenvalue weighted by Crippen LogP contribution is -2.02. The number of carbonyl (C=O) groups excluding carboxylic acids is 2. The summed E-state index contributed by atoms with van der Waals surface area (Å²) in [6.45, 7) is 16.3. The number of fused-ring (bicyclic) bond motifs is 8. The highest BCUT2D eigenvalue weighted by atomic mass is 16.5. The van der Waals surface area contributed by atoms with Crippen molar-refractivity contribution in [2.75, 3.05) is 14.2 Å². The number of hydrogen-bond donors (Lipinski definition) is 2. The summed E-state index contributed by atoms with van der Waals surface area (Å²) in [4.78, 5) is 41.6. The van der Waals surface area contributed by atoms with Crippen LogP contribution in [0.3, 0.4) is 0 Å². The Kier molecular flexibility index (Phi) is 8.54. The highest BCUT2D eigenvalue weighted by Crippen LogP contribution is 2.37. The molecule has 0 saturated heterocycles. The molecule has 2 N–H and O–H groups in total. The van der Waals surface area contributed by atoms with Crippen molar-refractivity contribution in [1.82, 2.24) is 19.9 Å².